The van der Waals surface area contributed by atoms with Gasteiger partial charge in [-0.2, -0.15) is 5.10 Å². The van der Waals surface area contributed by atoms with Crippen LogP contribution in [-0.4, -0.2) is 48.3 Å². The summed E-state index contributed by atoms with van der Waals surface area (Å²) < 4.78 is 6.96. The summed E-state index contributed by atoms with van der Waals surface area (Å²) >= 11 is 0. The van der Waals surface area contributed by atoms with Crippen LogP contribution in [0.3, 0.4) is 0 Å². The number of amides is 1. The first-order valence-corrected chi connectivity index (χ1v) is 5.44. The topological polar surface area (TPSA) is 59.4 Å². The van der Waals surface area contributed by atoms with Gasteiger partial charge in [-0.05, 0) is 6.92 Å². The molecule has 0 aliphatic carbocycles. The first-order chi connectivity index (χ1) is 7.97. The van der Waals surface area contributed by atoms with Crippen molar-refractivity contribution in [2.24, 2.45) is 7.05 Å². The average Bonchev–Trinajstić information content (AvgIpc) is 2.53. The molecule has 0 aliphatic heterocycles. The van der Waals surface area contributed by atoms with Crippen molar-refractivity contribution in [1.29, 1.82) is 0 Å². The number of ether oxygens (including phenoxy) is 1. The van der Waals surface area contributed by atoms with Crippen LogP contribution in [0.15, 0.2) is 0 Å². The van der Waals surface area contributed by atoms with Gasteiger partial charge < -0.3 is 15.0 Å². The van der Waals surface area contributed by atoms with Crippen LogP contribution < -0.4 is 10.1 Å². The Labute approximate surface area is 102 Å². The highest BCUT2D eigenvalue weighted by molar-refractivity contribution is 5.77. The number of aromatic nitrogens is 2. The van der Waals surface area contributed by atoms with Gasteiger partial charge in [0.15, 0.2) is 0 Å². The van der Waals surface area contributed by atoms with Crippen LogP contribution in [0.5, 0.6) is 5.88 Å². The summed E-state index contributed by atoms with van der Waals surface area (Å²) in [6.45, 7) is 2.81. The fourth-order valence-corrected chi connectivity index (χ4v) is 1.59. The Balaban J connectivity index is 2.60. The van der Waals surface area contributed by atoms with E-state index in [9.17, 15) is 4.79 Å². The predicted octanol–water partition coefficient (Wildman–Crippen LogP) is -0.0851. The monoisotopic (exact) mass is 240 g/mol. The van der Waals surface area contributed by atoms with Crippen molar-refractivity contribution >= 4 is 5.91 Å². The summed E-state index contributed by atoms with van der Waals surface area (Å²) in [6, 6.07) is 0. The average molecular weight is 240 g/mol. The van der Waals surface area contributed by atoms with Crippen molar-refractivity contribution in [2.45, 2.75) is 13.5 Å². The lowest BCUT2D eigenvalue weighted by molar-refractivity contribution is -0.127. The first-order valence-electron chi connectivity index (χ1n) is 5.44. The van der Waals surface area contributed by atoms with E-state index < -0.39 is 0 Å². The fraction of sp³-hybridized carbons (Fsp3) is 0.636. The number of hydrogen-bond donors (Lipinski definition) is 1. The predicted molar refractivity (Wildman–Crippen MR) is 64.9 cm³/mol. The van der Waals surface area contributed by atoms with E-state index in [2.05, 4.69) is 10.4 Å². The highest BCUT2D eigenvalue weighted by Gasteiger charge is 2.13. The molecule has 1 amide bonds. The number of carbonyl (C=O) groups excluding carboxylic acids is 1. The Hall–Kier alpha value is -1.56. The fourth-order valence-electron chi connectivity index (χ4n) is 1.59. The maximum atomic E-state index is 11.4. The van der Waals surface area contributed by atoms with Gasteiger partial charge in [-0.3, -0.25) is 4.79 Å². The van der Waals surface area contributed by atoms with Gasteiger partial charge in [0.05, 0.1) is 24.9 Å². The smallest absolute Gasteiger partial charge is 0.236 e. The molecule has 0 saturated carbocycles. The number of carbonyl (C=O) groups is 1. The third kappa shape index (κ3) is 3.20. The number of aryl methyl sites for hydroxylation is 2. The molecule has 0 radical (unpaired) electrons. The SMILES string of the molecule is COc1c(CNCC(=O)N(C)C)c(C)nn1C. The molecule has 0 unspecified atom stereocenters. The molecule has 0 atom stereocenters. The number of nitrogens with one attached hydrogen (secondary N) is 1. The van der Waals surface area contributed by atoms with Gasteiger partial charge in [0, 0.05) is 27.7 Å². The molecule has 17 heavy (non-hydrogen) atoms. The molecule has 1 rings (SSSR count). The molecule has 1 N–H and O–H groups in total. The molecular weight excluding hydrogens is 220 g/mol. The number of rotatable bonds is 5. The maximum Gasteiger partial charge on any atom is 0.236 e. The highest BCUT2D eigenvalue weighted by atomic mass is 16.5. The largest absolute Gasteiger partial charge is 0.481 e. The normalized spacial score (nSPS) is 10.4. The van der Waals surface area contributed by atoms with Gasteiger partial charge in [0.1, 0.15) is 0 Å². The van der Waals surface area contributed by atoms with Crippen molar-refractivity contribution in [3.05, 3.63) is 11.3 Å². The Kier molecular flexibility index (Phi) is 4.51. The second-order valence-corrected chi connectivity index (χ2v) is 4.09. The molecule has 0 saturated heterocycles. The molecule has 1 heterocycles. The number of hydrogen-bond acceptors (Lipinski definition) is 4. The summed E-state index contributed by atoms with van der Waals surface area (Å²) in [6.07, 6.45) is 0. The highest BCUT2D eigenvalue weighted by Crippen LogP contribution is 2.20. The molecule has 0 bridgehead atoms. The van der Waals surface area contributed by atoms with Crippen molar-refractivity contribution in [1.82, 2.24) is 20.0 Å². The number of likely N-dealkylation sites (N-methyl/N-ethyl adjacent to an activating group) is 1. The molecule has 0 aromatic carbocycles. The molecule has 0 aliphatic rings. The third-order valence-electron chi connectivity index (χ3n) is 2.56. The Morgan fingerprint density at radius 2 is 2.18 bits per heavy atom. The second-order valence-electron chi connectivity index (χ2n) is 4.09. The van der Waals surface area contributed by atoms with E-state index in [1.165, 1.54) is 0 Å². The molecule has 1 aromatic heterocycles. The van der Waals surface area contributed by atoms with E-state index in [4.69, 9.17) is 4.74 Å². The van der Waals surface area contributed by atoms with Crippen molar-refractivity contribution in [3.8, 4) is 5.88 Å². The van der Waals surface area contributed by atoms with Gasteiger partial charge in [-0.15, -0.1) is 0 Å². The molecule has 6 nitrogen and oxygen atoms in total. The van der Waals surface area contributed by atoms with Crippen molar-refractivity contribution < 1.29 is 9.53 Å². The van der Waals surface area contributed by atoms with E-state index in [-0.39, 0.29) is 5.91 Å². The van der Waals surface area contributed by atoms with Gasteiger partial charge in [0.2, 0.25) is 11.8 Å². The molecule has 1 aromatic rings. The van der Waals surface area contributed by atoms with E-state index >= 15 is 0 Å². The van der Waals surface area contributed by atoms with E-state index in [1.807, 2.05) is 14.0 Å². The zero-order chi connectivity index (χ0) is 13.0. The van der Waals surface area contributed by atoms with E-state index in [0.29, 0.717) is 13.1 Å². The minimum Gasteiger partial charge on any atom is -0.481 e. The second kappa shape index (κ2) is 5.67. The summed E-state index contributed by atoms with van der Waals surface area (Å²) in [5, 5.41) is 7.36. The zero-order valence-electron chi connectivity index (χ0n) is 11.1. The lowest BCUT2D eigenvalue weighted by Crippen LogP contribution is -2.32. The Bertz CT molecular complexity index is 398. The standard InChI is InChI=1S/C11H20N4O2/c1-8-9(11(17-5)15(4)13-8)6-12-7-10(16)14(2)3/h12H,6-7H2,1-5H3. The van der Waals surface area contributed by atoms with Crippen LogP contribution in [0.1, 0.15) is 11.3 Å². The van der Waals surface area contributed by atoms with Crippen molar-refractivity contribution in [2.75, 3.05) is 27.7 Å². The van der Waals surface area contributed by atoms with Crippen LogP contribution in [-0.2, 0) is 18.4 Å². The van der Waals surface area contributed by atoms with Crippen LogP contribution in [0.25, 0.3) is 0 Å². The third-order valence-corrected chi connectivity index (χ3v) is 2.56. The van der Waals surface area contributed by atoms with E-state index in [1.54, 1.807) is 30.8 Å². The van der Waals surface area contributed by atoms with Gasteiger partial charge in [0.25, 0.3) is 0 Å². The van der Waals surface area contributed by atoms with Crippen LogP contribution >= 0.6 is 0 Å². The summed E-state index contributed by atoms with van der Waals surface area (Å²) in [5.41, 5.74) is 1.90. The first kappa shape index (κ1) is 13.5. The summed E-state index contributed by atoms with van der Waals surface area (Å²) in [7, 11) is 6.92. The van der Waals surface area contributed by atoms with Crippen molar-refractivity contribution in [3.63, 3.8) is 0 Å². The molecule has 6 heteroatoms. The lowest BCUT2D eigenvalue weighted by atomic mass is 10.2. The van der Waals surface area contributed by atoms with Gasteiger partial charge in [-0.1, -0.05) is 0 Å². The molecular formula is C11H20N4O2. The molecule has 0 spiro atoms. The Morgan fingerprint density at radius 1 is 1.53 bits per heavy atom. The molecule has 96 valence electrons. The van der Waals surface area contributed by atoms with E-state index in [0.717, 1.165) is 17.1 Å². The zero-order valence-corrected chi connectivity index (χ0v) is 11.1. The lowest BCUT2D eigenvalue weighted by Gasteiger charge is -2.11. The quantitative estimate of drug-likeness (QED) is 0.782. The minimum atomic E-state index is 0.0468. The van der Waals surface area contributed by atoms with Crippen LogP contribution in [0.4, 0.5) is 0 Å². The molecule has 0 fully saturated rings. The summed E-state index contributed by atoms with van der Waals surface area (Å²) in [5.74, 6) is 0.776. The number of nitrogens with zero attached hydrogens (tertiary/aromatic N) is 3. The van der Waals surface area contributed by atoms with Crippen LogP contribution in [0, 0.1) is 6.92 Å². The van der Waals surface area contributed by atoms with Gasteiger partial charge >= 0.3 is 0 Å². The number of methoxy groups -OCH3 is 1. The minimum absolute atomic E-state index is 0.0468. The van der Waals surface area contributed by atoms with Gasteiger partial charge in [-0.25, -0.2) is 4.68 Å². The summed E-state index contributed by atoms with van der Waals surface area (Å²) in [4.78, 5) is 12.9. The maximum absolute atomic E-state index is 11.4. The Morgan fingerprint density at radius 3 is 2.71 bits per heavy atom. The van der Waals surface area contributed by atoms with Crippen LogP contribution in [0.2, 0.25) is 0 Å².